The van der Waals surface area contributed by atoms with Crippen molar-refractivity contribution >= 4 is 60.6 Å². The molecule has 1 heterocycles. The Bertz CT molecular complexity index is 1330. The number of halogens is 3. The fraction of sp³-hybridized carbons (Fsp3) is 0.346. The summed E-state index contributed by atoms with van der Waals surface area (Å²) in [5.74, 6) is 1.79. The molecule has 184 valence electrons. The summed E-state index contributed by atoms with van der Waals surface area (Å²) < 4.78 is 14.3. The predicted molar refractivity (Wildman–Crippen MR) is 149 cm³/mol. The average molecular weight is 624 g/mol. The van der Waals surface area contributed by atoms with Gasteiger partial charge in [-0.15, -0.1) is 0 Å². The molecule has 0 atom stereocenters. The molecular formula is C26H26Br2ClN3O3. The van der Waals surface area contributed by atoms with E-state index in [4.69, 9.17) is 26.1 Å². The summed E-state index contributed by atoms with van der Waals surface area (Å²) in [5, 5.41) is 5.50. The van der Waals surface area contributed by atoms with E-state index in [1.807, 2.05) is 19.1 Å². The van der Waals surface area contributed by atoms with Gasteiger partial charge in [-0.05, 0) is 60.0 Å². The molecule has 0 unspecified atom stereocenters. The lowest BCUT2D eigenvalue weighted by Crippen LogP contribution is -2.25. The largest absolute Gasteiger partial charge is 0.490 e. The van der Waals surface area contributed by atoms with Crippen LogP contribution in [0.15, 0.2) is 55.8 Å². The van der Waals surface area contributed by atoms with E-state index in [0.29, 0.717) is 49.9 Å². The summed E-state index contributed by atoms with van der Waals surface area (Å²) in [6.45, 7) is 6.30. The zero-order valence-corrected chi connectivity index (χ0v) is 23.3. The third-order valence-electron chi connectivity index (χ3n) is 5.92. The molecule has 0 radical (unpaired) electrons. The Balaban J connectivity index is 1.84. The second kappa shape index (κ2) is 11.7. The molecule has 6 nitrogen and oxygen atoms in total. The van der Waals surface area contributed by atoms with Crippen molar-refractivity contribution in [1.82, 2.24) is 9.66 Å². The Kier molecular flexibility index (Phi) is 8.68. The number of aromatic nitrogens is 2. The van der Waals surface area contributed by atoms with E-state index in [2.05, 4.69) is 43.5 Å². The Hall–Kier alpha value is -2.16. The number of ether oxygens (including phenoxy) is 2. The van der Waals surface area contributed by atoms with E-state index in [1.54, 1.807) is 24.4 Å². The van der Waals surface area contributed by atoms with Crippen LogP contribution in [0.5, 0.6) is 11.5 Å². The van der Waals surface area contributed by atoms with Crippen molar-refractivity contribution in [3.05, 3.63) is 72.6 Å². The standard InChI is InChI=1S/C26H26Br2ClN3O3/c1-3-12-35-24-21(34-4-2)13-17(22(28)23(24)29)15-30-32-25(16-8-6-5-7-9-16)31-20-11-10-18(27)14-19(20)26(32)33/h3,10-11,13-16H,1,4-9,12H2,2H3. The topological polar surface area (TPSA) is 65.7 Å². The minimum absolute atomic E-state index is 0.183. The highest BCUT2D eigenvalue weighted by Gasteiger charge is 2.23. The van der Waals surface area contributed by atoms with E-state index in [-0.39, 0.29) is 18.1 Å². The summed E-state index contributed by atoms with van der Waals surface area (Å²) in [7, 11) is 0. The number of nitrogens with zero attached hydrogens (tertiary/aromatic N) is 3. The second-order valence-electron chi connectivity index (χ2n) is 8.28. The highest BCUT2D eigenvalue weighted by molar-refractivity contribution is 9.10. The molecule has 9 heteroatoms. The van der Waals surface area contributed by atoms with Crippen LogP contribution in [0.4, 0.5) is 0 Å². The van der Waals surface area contributed by atoms with E-state index in [9.17, 15) is 4.79 Å². The molecule has 2 aromatic carbocycles. The van der Waals surface area contributed by atoms with Crippen LogP contribution in [0, 0.1) is 0 Å². The van der Waals surface area contributed by atoms with Gasteiger partial charge in [0.05, 0.1) is 23.7 Å². The van der Waals surface area contributed by atoms with Crippen LogP contribution in [0.25, 0.3) is 10.9 Å². The summed E-state index contributed by atoms with van der Waals surface area (Å²) in [6, 6.07) is 7.34. The molecule has 1 fully saturated rings. The molecule has 3 aromatic rings. The van der Waals surface area contributed by atoms with Crippen molar-refractivity contribution in [3.63, 3.8) is 0 Å². The maximum absolute atomic E-state index is 13.6. The van der Waals surface area contributed by atoms with Crippen molar-refractivity contribution in [1.29, 1.82) is 0 Å². The van der Waals surface area contributed by atoms with Gasteiger partial charge >= 0.3 is 0 Å². The Labute approximate surface area is 226 Å². The third-order valence-corrected chi connectivity index (χ3v) is 7.85. The first kappa shape index (κ1) is 25.9. The number of fused-ring (bicyclic) bond motifs is 1. The minimum Gasteiger partial charge on any atom is -0.490 e. The molecule has 1 aliphatic rings. The Morgan fingerprint density at radius 1 is 1.23 bits per heavy atom. The molecule has 0 aliphatic heterocycles. The predicted octanol–water partition coefficient (Wildman–Crippen LogP) is 7.47. The second-order valence-corrected chi connectivity index (χ2v) is 10.4. The first-order valence-electron chi connectivity index (χ1n) is 11.6. The van der Waals surface area contributed by atoms with Gasteiger partial charge in [-0.25, -0.2) is 4.98 Å². The highest BCUT2D eigenvalue weighted by Crippen LogP contribution is 2.42. The van der Waals surface area contributed by atoms with Crippen LogP contribution in [0.2, 0.25) is 5.02 Å². The van der Waals surface area contributed by atoms with E-state index >= 15 is 0 Å². The van der Waals surface area contributed by atoms with Crippen LogP contribution in [-0.2, 0) is 0 Å². The van der Waals surface area contributed by atoms with Gasteiger partial charge in [0.1, 0.15) is 17.5 Å². The van der Waals surface area contributed by atoms with Gasteiger partial charge in [0.2, 0.25) is 0 Å². The van der Waals surface area contributed by atoms with Gasteiger partial charge in [0.15, 0.2) is 11.5 Å². The minimum atomic E-state index is -0.202. The van der Waals surface area contributed by atoms with Crippen LogP contribution < -0.4 is 15.0 Å². The third kappa shape index (κ3) is 5.65. The van der Waals surface area contributed by atoms with Gasteiger partial charge in [-0.1, -0.05) is 59.4 Å². The molecule has 1 aliphatic carbocycles. The van der Waals surface area contributed by atoms with Crippen molar-refractivity contribution in [2.75, 3.05) is 13.2 Å². The summed E-state index contributed by atoms with van der Waals surface area (Å²) in [5.41, 5.74) is 1.13. The fourth-order valence-corrected chi connectivity index (χ4v) is 5.28. The molecule has 0 saturated heterocycles. The Morgan fingerprint density at radius 3 is 2.71 bits per heavy atom. The van der Waals surface area contributed by atoms with Gasteiger partial charge in [0, 0.05) is 20.4 Å². The van der Waals surface area contributed by atoms with Crippen molar-refractivity contribution in [3.8, 4) is 11.5 Å². The Morgan fingerprint density at radius 2 is 2.00 bits per heavy atom. The SMILES string of the molecule is C=CCOc1c(OCC)cc(C=Nn2c(C3CCCCC3)nc3ccc(Br)cc3c2=O)c(Br)c1Cl. The highest BCUT2D eigenvalue weighted by atomic mass is 79.9. The summed E-state index contributed by atoms with van der Waals surface area (Å²) in [6.07, 6.45) is 8.67. The molecule has 0 bridgehead atoms. The molecule has 35 heavy (non-hydrogen) atoms. The van der Waals surface area contributed by atoms with Crippen molar-refractivity contribution in [2.45, 2.75) is 44.9 Å². The van der Waals surface area contributed by atoms with Gasteiger partial charge in [-0.3, -0.25) is 4.79 Å². The number of hydrogen-bond acceptors (Lipinski definition) is 5. The molecule has 0 N–H and O–H groups in total. The molecule has 4 rings (SSSR count). The van der Waals surface area contributed by atoms with E-state index in [1.165, 1.54) is 11.1 Å². The normalized spacial score (nSPS) is 14.5. The van der Waals surface area contributed by atoms with Gasteiger partial charge < -0.3 is 9.47 Å². The van der Waals surface area contributed by atoms with Gasteiger partial charge in [-0.2, -0.15) is 9.78 Å². The van der Waals surface area contributed by atoms with E-state index in [0.717, 1.165) is 30.2 Å². The number of benzene rings is 2. The fourth-order valence-electron chi connectivity index (χ4n) is 4.26. The smallest absolute Gasteiger partial charge is 0.282 e. The van der Waals surface area contributed by atoms with Crippen LogP contribution in [0.1, 0.15) is 56.3 Å². The number of rotatable bonds is 8. The lowest BCUT2D eigenvalue weighted by atomic mass is 9.88. The lowest BCUT2D eigenvalue weighted by Gasteiger charge is -2.22. The molecular weight excluding hydrogens is 598 g/mol. The zero-order chi connectivity index (χ0) is 24.9. The van der Waals surface area contributed by atoms with E-state index < -0.39 is 0 Å². The quantitative estimate of drug-likeness (QED) is 0.193. The molecule has 1 aromatic heterocycles. The van der Waals surface area contributed by atoms with Crippen LogP contribution >= 0.6 is 43.5 Å². The summed E-state index contributed by atoms with van der Waals surface area (Å²) in [4.78, 5) is 18.4. The zero-order valence-electron chi connectivity index (χ0n) is 19.4. The first-order chi connectivity index (χ1) is 16.9. The summed E-state index contributed by atoms with van der Waals surface area (Å²) >= 11 is 13.6. The lowest BCUT2D eigenvalue weighted by molar-refractivity contribution is 0.297. The maximum Gasteiger partial charge on any atom is 0.282 e. The number of hydrogen-bond donors (Lipinski definition) is 0. The first-order valence-corrected chi connectivity index (χ1v) is 13.6. The molecule has 1 saturated carbocycles. The van der Waals surface area contributed by atoms with Crippen molar-refractivity contribution in [2.24, 2.45) is 5.10 Å². The molecule has 0 spiro atoms. The monoisotopic (exact) mass is 621 g/mol. The van der Waals surface area contributed by atoms with Crippen LogP contribution in [0.3, 0.4) is 0 Å². The van der Waals surface area contributed by atoms with Crippen molar-refractivity contribution < 1.29 is 9.47 Å². The molecule has 0 amide bonds. The van der Waals surface area contributed by atoms with Gasteiger partial charge in [0.25, 0.3) is 5.56 Å². The average Bonchev–Trinajstić information content (AvgIpc) is 2.87. The maximum atomic E-state index is 13.6. The van der Waals surface area contributed by atoms with Crippen LogP contribution in [-0.4, -0.2) is 29.1 Å².